The molecule has 2 unspecified atom stereocenters. The van der Waals surface area contributed by atoms with Crippen LogP contribution < -0.4 is 15.2 Å². The maximum absolute atomic E-state index is 12.4. The average Bonchev–Trinajstić information content (AvgIpc) is 2.73. The monoisotopic (exact) mass is 521 g/mol. The van der Waals surface area contributed by atoms with Crippen molar-refractivity contribution >= 4 is 23.9 Å². The summed E-state index contributed by atoms with van der Waals surface area (Å²) in [5.41, 5.74) is 4.98. The van der Waals surface area contributed by atoms with Gasteiger partial charge in [0.1, 0.15) is 11.6 Å². The van der Waals surface area contributed by atoms with Gasteiger partial charge in [0.25, 0.3) is 0 Å². The molecule has 208 valence electrons. The van der Waals surface area contributed by atoms with Gasteiger partial charge in [-0.2, -0.15) is 0 Å². The number of carboxylic acid groups (broad SMARTS) is 1. The summed E-state index contributed by atoms with van der Waals surface area (Å²) in [6, 6.07) is 4.49. The highest BCUT2D eigenvalue weighted by molar-refractivity contribution is 5.80. The molecule has 0 saturated heterocycles. The molecular formula is C28H43NO8. The van der Waals surface area contributed by atoms with Gasteiger partial charge in [-0.3, -0.25) is 19.2 Å². The van der Waals surface area contributed by atoms with Gasteiger partial charge in [-0.05, 0) is 42.4 Å². The molecule has 3 N–H and O–H groups in total. The molecule has 0 spiro atoms. The van der Waals surface area contributed by atoms with Gasteiger partial charge in [-0.15, -0.1) is 0 Å². The Labute approximate surface area is 220 Å². The van der Waals surface area contributed by atoms with Crippen LogP contribution in [0.4, 0.5) is 0 Å². The Balaban J connectivity index is 3.19. The van der Waals surface area contributed by atoms with E-state index in [1.165, 1.54) is 12.1 Å². The van der Waals surface area contributed by atoms with Gasteiger partial charge in [0, 0.05) is 25.7 Å². The lowest BCUT2D eigenvalue weighted by molar-refractivity contribution is -0.157. The molecule has 0 saturated carbocycles. The van der Waals surface area contributed by atoms with Crippen molar-refractivity contribution in [1.29, 1.82) is 0 Å². The van der Waals surface area contributed by atoms with Crippen LogP contribution in [0, 0.1) is 23.7 Å². The summed E-state index contributed by atoms with van der Waals surface area (Å²) >= 11 is 0. The Morgan fingerprint density at radius 3 is 1.84 bits per heavy atom. The van der Waals surface area contributed by atoms with E-state index in [-0.39, 0.29) is 60.9 Å². The Kier molecular flexibility index (Phi) is 12.2. The van der Waals surface area contributed by atoms with Crippen molar-refractivity contribution in [3.8, 4) is 11.5 Å². The van der Waals surface area contributed by atoms with Crippen LogP contribution in [0.25, 0.3) is 0 Å². The molecule has 1 rings (SSSR count). The van der Waals surface area contributed by atoms with Gasteiger partial charge in [-0.25, -0.2) is 0 Å². The van der Waals surface area contributed by atoms with E-state index in [9.17, 15) is 24.3 Å². The first-order valence-corrected chi connectivity index (χ1v) is 12.8. The number of benzene rings is 1. The Hall–Kier alpha value is -2.94. The number of hydrogen-bond donors (Lipinski definition) is 2. The minimum absolute atomic E-state index is 0.0122. The summed E-state index contributed by atoms with van der Waals surface area (Å²) in [6.45, 7) is 14.6. The largest absolute Gasteiger partial charge is 0.480 e. The van der Waals surface area contributed by atoms with E-state index in [4.69, 9.17) is 19.9 Å². The molecule has 0 heterocycles. The van der Waals surface area contributed by atoms with Gasteiger partial charge in [0.15, 0.2) is 11.5 Å². The van der Waals surface area contributed by atoms with E-state index >= 15 is 0 Å². The maximum atomic E-state index is 12.4. The second-order valence-corrected chi connectivity index (χ2v) is 11.0. The number of aliphatic carboxylic acids is 1. The number of hydrogen-bond acceptors (Lipinski definition) is 8. The normalized spacial score (nSPS) is 14.7. The Morgan fingerprint density at radius 2 is 1.38 bits per heavy atom. The lowest BCUT2D eigenvalue weighted by Gasteiger charge is -2.29. The topological polar surface area (TPSA) is 142 Å². The van der Waals surface area contributed by atoms with Crippen LogP contribution >= 0.6 is 0 Å². The van der Waals surface area contributed by atoms with Crippen LogP contribution in [-0.2, 0) is 30.3 Å². The van der Waals surface area contributed by atoms with Crippen molar-refractivity contribution in [2.24, 2.45) is 29.4 Å². The molecule has 9 heteroatoms. The maximum Gasteiger partial charge on any atom is 0.324 e. The fourth-order valence-electron chi connectivity index (χ4n) is 3.55. The van der Waals surface area contributed by atoms with Crippen LogP contribution in [0.15, 0.2) is 18.2 Å². The smallest absolute Gasteiger partial charge is 0.324 e. The van der Waals surface area contributed by atoms with Gasteiger partial charge in [0.2, 0.25) is 0 Å². The molecule has 0 radical (unpaired) electrons. The summed E-state index contributed by atoms with van der Waals surface area (Å²) in [4.78, 5) is 49.1. The summed E-state index contributed by atoms with van der Waals surface area (Å²) in [5.74, 6) is -2.73. The molecule has 0 fully saturated rings. The number of esters is 3. The number of nitrogens with two attached hydrogens (primary N) is 1. The lowest BCUT2D eigenvalue weighted by atomic mass is 9.86. The Bertz CT molecular complexity index is 956. The predicted octanol–water partition coefficient (Wildman–Crippen LogP) is 4.53. The van der Waals surface area contributed by atoms with Crippen LogP contribution in [0.1, 0.15) is 80.2 Å². The van der Waals surface area contributed by atoms with E-state index in [0.717, 1.165) is 0 Å². The molecule has 1 aromatic carbocycles. The van der Waals surface area contributed by atoms with E-state index in [0.29, 0.717) is 5.56 Å². The standard InChI is InChI=1S/C28H43NO8/c1-16(2)11-24(30)36-22-10-9-21(13-23(22)37-25(31)12-17(3)4)15-28(29,27(33)34)14-19(7)35-26(32)20(8)18(5)6/h9-10,13,16-20H,11-12,14-15,29H2,1-8H3,(H,33,34)/t19-,20?,28?/m0/s1. The molecule has 0 bridgehead atoms. The highest BCUT2D eigenvalue weighted by atomic mass is 16.6. The molecule has 3 atom stereocenters. The number of carbonyl (C=O) groups is 4. The first kappa shape index (κ1) is 32.1. The van der Waals surface area contributed by atoms with Crippen LogP contribution in [-0.4, -0.2) is 40.6 Å². The molecule has 0 aromatic heterocycles. The summed E-state index contributed by atoms with van der Waals surface area (Å²) < 4.78 is 16.4. The molecular weight excluding hydrogens is 478 g/mol. The third kappa shape index (κ3) is 10.9. The number of carbonyl (C=O) groups excluding carboxylic acids is 3. The van der Waals surface area contributed by atoms with E-state index in [2.05, 4.69) is 0 Å². The third-order valence-electron chi connectivity index (χ3n) is 5.89. The average molecular weight is 522 g/mol. The molecule has 37 heavy (non-hydrogen) atoms. The first-order chi connectivity index (χ1) is 17.0. The quantitative estimate of drug-likeness (QED) is 0.267. The van der Waals surface area contributed by atoms with Gasteiger partial charge < -0.3 is 25.1 Å². The highest BCUT2D eigenvalue weighted by Crippen LogP contribution is 2.32. The lowest BCUT2D eigenvalue weighted by Crippen LogP contribution is -2.52. The van der Waals surface area contributed by atoms with Gasteiger partial charge in [-0.1, -0.05) is 54.5 Å². The van der Waals surface area contributed by atoms with Crippen LogP contribution in [0.3, 0.4) is 0 Å². The zero-order valence-electron chi connectivity index (χ0n) is 23.3. The Morgan fingerprint density at radius 1 is 0.865 bits per heavy atom. The van der Waals surface area contributed by atoms with Gasteiger partial charge in [0.05, 0.1) is 5.92 Å². The van der Waals surface area contributed by atoms with Gasteiger partial charge >= 0.3 is 23.9 Å². The fourth-order valence-corrected chi connectivity index (χ4v) is 3.55. The van der Waals surface area contributed by atoms with E-state index in [1.807, 2.05) is 41.5 Å². The first-order valence-electron chi connectivity index (χ1n) is 12.8. The molecule has 0 aliphatic heterocycles. The zero-order chi connectivity index (χ0) is 28.5. The fraction of sp³-hybridized carbons (Fsp3) is 0.643. The molecule has 1 aromatic rings. The molecule has 0 amide bonds. The third-order valence-corrected chi connectivity index (χ3v) is 5.89. The number of ether oxygens (including phenoxy) is 3. The van der Waals surface area contributed by atoms with Crippen molar-refractivity contribution in [1.82, 2.24) is 0 Å². The van der Waals surface area contributed by atoms with Crippen LogP contribution in [0.2, 0.25) is 0 Å². The predicted molar refractivity (Wildman–Crippen MR) is 139 cm³/mol. The summed E-state index contributed by atoms with van der Waals surface area (Å²) in [7, 11) is 0. The molecule has 0 aliphatic rings. The molecule has 0 aliphatic carbocycles. The second kappa shape index (κ2) is 14.1. The zero-order valence-corrected chi connectivity index (χ0v) is 23.3. The van der Waals surface area contributed by atoms with E-state index < -0.39 is 35.5 Å². The van der Waals surface area contributed by atoms with Crippen molar-refractivity contribution in [2.45, 2.75) is 92.7 Å². The number of carboxylic acids is 1. The highest BCUT2D eigenvalue weighted by Gasteiger charge is 2.37. The number of rotatable bonds is 14. The SMILES string of the molecule is CC(C)CC(=O)Oc1ccc(CC(N)(C[C@H](C)OC(=O)C(C)C(C)C)C(=O)O)cc1OC(=O)CC(C)C. The minimum Gasteiger partial charge on any atom is -0.480 e. The van der Waals surface area contributed by atoms with E-state index in [1.54, 1.807) is 19.9 Å². The van der Waals surface area contributed by atoms with Crippen molar-refractivity contribution in [3.05, 3.63) is 23.8 Å². The van der Waals surface area contributed by atoms with Crippen LogP contribution in [0.5, 0.6) is 11.5 Å². The summed E-state index contributed by atoms with van der Waals surface area (Å²) in [5, 5.41) is 9.93. The minimum atomic E-state index is -1.77. The van der Waals surface area contributed by atoms with Crippen molar-refractivity contribution in [3.63, 3.8) is 0 Å². The second-order valence-electron chi connectivity index (χ2n) is 11.0. The van der Waals surface area contributed by atoms with Crippen molar-refractivity contribution < 1.29 is 38.5 Å². The summed E-state index contributed by atoms with van der Waals surface area (Å²) in [6.07, 6.45) is -0.685. The van der Waals surface area contributed by atoms with Crippen molar-refractivity contribution in [2.75, 3.05) is 0 Å². The molecule has 9 nitrogen and oxygen atoms in total.